The Hall–Kier alpha value is -1.11. The second kappa shape index (κ2) is 6.36. The number of nitrogens with one attached hydrogen (secondary N) is 1. The molecule has 1 aromatic carbocycles. The largest absolute Gasteiger partial charge is 0.396 e. The first kappa shape index (κ1) is 14.3. The summed E-state index contributed by atoms with van der Waals surface area (Å²) in [7, 11) is -3.37. The summed E-state index contributed by atoms with van der Waals surface area (Å²) in [4.78, 5) is 0. The Kier molecular flexibility index (Phi) is 4.79. The summed E-state index contributed by atoms with van der Waals surface area (Å²) >= 11 is 0. The third-order valence-electron chi connectivity index (χ3n) is 3.06. The van der Waals surface area contributed by atoms with Gasteiger partial charge in [0.15, 0.2) is 0 Å². The van der Waals surface area contributed by atoms with Crippen molar-refractivity contribution in [3.63, 3.8) is 0 Å². The molecule has 1 saturated heterocycles. The van der Waals surface area contributed by atoms with Gasteiger partial charge in [-0.3, -0.25) is 4.72 Å². The zero-order chi connectivity index (χ0) is 13.7. The fourth-order valence-electron chi connectivity index (χ4n) is 2.11. The van der Waals surface area contributed by atoms with Gasteiger partial charge in [0.2, 0.25) is 10.0 Å². The molecular formula is C13H19NO4S. The van der Waals surface area contributed by atoms with Crippen molar-refractivity contribution in [3.8, 4) is 0 Å². The molecule has 1 heterocycles. The molecule has 0 saturated carbocycles. The van der Waals surface area contributed by atoms with Gasteiger partial charge in [-0.25, -0.2) is 8.42 Å². The molecule has 106 valence electrons. The first-order valence-corrected chi connectivity index (χ1v) is 8.06. The highest BCUT2D eigenvalue weighted by Gasteiger charge is 2.23. The van der Waals surface area contributed by atoms with Crippen LogP contribution in [0.4, 0.5) is 5.69 Å². The van der Waals surface area contributed by atoms with Gasteiger partial charge < -0.3 is 9.84 Å². The Morgan fingerprint density at radius 1 is 1.32 bits per heavy atom. The maximum atomic E-state index is 11.9. The van der Waals surface area contributed by atoms with Crippen molar-refractivity contribution in [2.45, 2.75) is 25.4 Å². The highest BCUT2D eigenvalue weighted by Crippen LogP contribution is 2.16. The quantitative estimate of drug-likeness (QED) is 0.822. The highest BCUT2D eigenvalue weighted by atomic mass is 32.2. The summed E-state index contributed by atoms with van der Waals surface area (Å²) in [6.45, 7) is 0.736. The number of hydrogen-bond donors (Lipinski definition) is 2. The predicted octanol–water partition coefficient (Wildman–Crippen LogP) is 1.14. The number of anilines is 1. The van der Waals surface area contributed by atoms with Crippen LogP contribution in [0.15, 0.2) is 24.3 Å². The maximum absolute atomic E-state index is 11.9. The van der Waals surface area contributed by atoms with Crippen LogP contribution in [0.3, 0.4) is 0 Å². The summed E-state index contributed by atoms with van der Waals surface area (Å²) in [5.74, 6) is 0.00535. The third-order valence-corrected chi connectivity index (χ3v) is 4.41. The van der Waals surface area contributed by atoms with Gasteiger partial charge >= 0.3 is 0 Å². The molecule has 0 aliphatic carbocycles. The van der Waals surface area contributed by atoms with Crippen molar-refractivity contribution in [2.24, 2.45) is 0 Å². The lowest BCUT2D eigenvalue weighted by Crippen LogP contribution is -2.25. The standard InChI is InChI=1S/C13H19NO4S/c15-8-7-11-3-5-12(6-4-11)14-19(16,17)10-13-2-1-9-18-13/h3-6,13-15H,1-2,7-10H2. The topological polar surface area (TPSA) is 75.6 Å². The van der Waals surface area contributed by atoms with Gasteiger partial charge in [0.05, 0.1) is 11.9 Å². The second-order valence-corrected chi connectivity index (χ2v) is 6.46. The summed E-state index contributed by atoms with van der Waals surface area (Å²) in [5, 5.41) is 8.81. The number of rotatable bonds is 6. The Labute approximate surface area is 113 Å². The van der Waals surface area contributed by atoms with Crippen molar-refractivity contribution in [1.29, 1.82) is 0 Å². The van der Waals surface area contributed by atoms with Gasteiger partial charge in [-0.2, -0.15) is 0 Å². The number of benzene rings is 1. The van der Waals surface area contributed by atoms with E-state index < -0.39 is 10.0 Å². The molecule has 1 aliphatic rings. The summed E-state index contributed by atoms with van der Waals surface area (Å²) < 4.78 is 31.7. The molecule has 6 heteroatoms. The highest BCUT2D eigenvalue weighted by molar-refractivity contribution is 7.92. The van der Waals surface area contributed by atoms with E-state index in [-0.39, 0.29) is 18.5 Å². The summed E-state index contributed by atoms with van der Waals surface area (Å²) in [6, 6.07) is 7.02. The molecule has 2 rings (SSSR count). The van der Waals surface area contributed by atoms with Crippen LogP contribution in [0, 0.1) is 0 Å². The zero-order valence-corrected chi connectivity index (χ0v) is 11.5. The SMILES string of the molecule is O=S(=O)(CC1CCCO1)Nc1ccc(CCO)cc1. The van der Waals surface area contributed by atoms with Gasteiger partial charge in [0.1, 0.15) is 0 Å². The van der Waals surface area contributed by atoms with E-state index in [0.717, 1.165) is 18.4 Å². The summed E-state index contributed by atoms with van der Waals surface area (Å²) in [5.41, 5.74) is 1.52. The molecule has 0 radical (unpaired) electrons. The molecule has 0 amide bonds. The Balaban J connectivity index is 1.94. The minimum Gasteiger partial charge on any atom is -0.396 e. The molecule has 1 aromatic rings. The van der Waals surface area contributed by atoms with E-state index in [1.54, 1.807) is 24.3 Å². The molecule has 1 unspecified atom stereocenters. The molecular weight excluding hydrogens is 266 g/mol. The van der Waals surface area contributed by atoms with Crippen LogP contribution < -0.4 is 4.72 Å². The molecule has 1 atom stereocenters. The normalized spacial score (nSPS) is 19.5. The van der Waals surface area contributed by atoms with E-state index in [4.69, 9.17) is 9.84 Å². The van der Waals surface area contributed by atoms with E-state index >= 15 is 0 Å². The fourth-order valence-corrected chi connectivity index (χ4v) is 3.44. The minimum atomic E-state index is -3.37. The molecule has 5 nitrogen and oxygen atoms in total. The predicted molar refractivity (Wildman–Crippen MR) is 73.6 cm³/mol. The van der Waals surface area contributed by atoms with E-state index in [9.17, 15) is 8.42 Å². The summed E-state index contributed by atoms with van der Waals surface area (Å²) in [6.07, 6.45) is 2.11. The number of hydrogen-bond acceptors (Lipinski definition) is 4. The zero-order valence-electron chi connectivity index (χ0n) is 10.7. The number of aliphatic hydroxyl groups excluding tert-OH is 1. The van der Waals surface area contributed by atoms with Gasteiger partial charge in [-0.1, -0.05) is 12.1 Å². The molecule has 0 spiro atoms. The average Bonchev–Trinajstić information content (AvgIpc) is 2.83. The second-order valence-electron chi connectivity index (χ2n) is 4.69. The van der Waals surface area contributed by atoms with Crippen LogP contribution in [0.1, 0.15) is 18.4 Å². The van der Waals surface area contributed by atoms with E-state index in [0.29, 0.717) is 18.7 Å². The number of aliphatic hydroxyl groups is 1. The van der Waals surface area contributed by atoms with E-state index in [2.05, 4.69) is 4.72 Å². The fraction of sp³-hybridized carbons (Fsp3) is 0.538. The average molecular weight is 285 g/mol. The van der Waals surface area contributed by atoms with Crippen molar-refractivity contribution in [3.05, 3.63) is 29.8 Å². The van der Waals surface area contributed by atoms with Gasteiger partial charge in [-0.05, 0) is 37.0 Å². The van der Waals surface area contributed by atoms with Crippen LogP contribution in [0.5, 0.6) is 0 Å². The lowest BCUT2D eigenvalue weighted by atomic mass is 10.1. The Morgan fingerprint density at radius 2 is 2.05 bits per heavy atom. The molecule has 0 bridgehead atoms. The van der Waals surface area contributed by atoms with Gasteiger partial charge in [0.25, 0.3) is 0 Å². The van der Waals surface area contributed by atoms with Crippen LogP contribution in [0.25, 0.3) is 0 Å². The van der Waals surface area contributed by atoms with E-state index in [1.165, 1.54) is 0 Å². The lowest BCUT2D eigenvalue weighted by molar-refractivity contribution is 0.127. The van der Waals surface area contributed by atoms with Crippen molar-refractivity contribution < 1.29 is 18.3 Å². The smallest absolute Gasteiger partial charge is 0.235 e. The Morgan fingerprint density at radius 3 is 2.63 bits per heavy atom. The monoisotopic (exact) mass is 285 g/mol. The molecule has 19 heavy (non-hydrogen) atoms. The Bertz CT molecular complexity index is 492. The number of sulfonamides is 1. The maximum Gasteiger partial charge on any atom is 0.235 e. The molecule has 1 fully saturated rings. The van der Waals surface area contributed by atoms with Gasteiger partial charge in [-0.15, -0.1) is 0 Å². The van der Waals surface area contributed by atoms with Crippen LogP contribution in [-0.4, -0.2) is 38.6 Å². The van der Waals surface area contributed by atoms with Crippen molar-refractivity contribution in [1.82, 2.24) is 0 Å². The molecule has 0 aromatic heterocycles. The van der Waals surface area contributed by atoms with E-state index in [1.807, 2.05) is 0 Å². The van der Waals surface area contributed by atoms with Crippen molar-refractivity contribution in [2.75, 3.05) is 23.7 Å². The first-order chi connectivity index (χ1) is 9.09. The minimum absolute atomic E-state index is 0.00535. The van der Waals surface area contributed by atoms with Crippen LogP contribution in [0.2, 0.25) is 0 Å². The molecule has 2 N–H and O–H groups in total. The lowest BCUT2D eigenvalue weighted by Gasteiger charge is -2.12. The van der Waals surface area contributed by atoms with Gasteiger partial charge in [0, 0.05) is 18.9 Å². The molecule has 1 aliphatic heterocycles. The van der Waals surface area contributed by atoms with Crippen LogP contribution in [-0.2, 0) is 21.2 Å². The third kappa shape index (κ3) is 4.49. The van der Waals surface area contributed by atoms with Crippen LogP contribution >= 0.6 is 0 Å². The van der Waals surface area contributed by atoms with Crippen molar-refractivity contribution >= 4 is 15.7 Å². The first-order valence-electron chi connectivity index (χ1n) is 6.41. The number of ether oxygens (including phenoxy) is 1.